The fourth-order valence-electron chi connectivity index (χ4n) is 5.28. The summed E-state index contributed by atoms with van der Waals surface area (Å²) in [6.07, 6.45) is -4.98. The van der Waals surface area contributed by atoms with Crippen molar-refractivity contribution in [2.75, 3.05) is 20.3 Å². The minimum Gasteiger partial charge on any atom is -0.497 e. The molecule has 1 aliphatic heterocycles. The Hall–Kier alpha value is -4.35. The molecule has 240 valence electrons. The summed E-state index contributed by atoms with van der Waals surface area (Å²) < 4.78 is 59.8. The lowest BCUT2D eigenvalue weighted by Gasteiger charge is -2.31. The molecule has 0 radical (unpaired) electrons. The van der Waals surface area contributed by atoms with Gasteiger partial charge in [0.2, 0.25) is 5.90 Å². The third-order valence-electron chi connectivity index (χ3n) is 7.58. The van der Waals surface area contributed by atoms with Crippen molar-refractivity contribution < 1.29 is 37.3 Å². The highest BCUT2D eigenvalue weighted by Crippen LogP contribution is 2.43. The first-order chi connectivity index (χ1) is 22.1. The maximum Gasteiger partial charge on any atom is 0.416 e. The van der Waals surface area contributed by atoms with Crippen LogP contribution in [0.3, 0.4) is 0 Å². The number of amides is 1. The number of nitrogens with zero attached hydrogens (tertiary/aromatic N) is 1. The average Bonchev–Trinajstić information content (AvgIpc) is 3.45. The summed E-state index contributed by atoms with van der Waals surface area (Å²) in [5.74, 6) is 0.718. The van der Waals surface area contributed by atoms with E-state index in [0.29, 0.717) is 35.7 Å². The minimum atomic E-state index is -4.59. The Morgan fingerprint density at radius 3 is 2.43 bits per heavy atom. The topological polar surface area (TPSA) is 89.4 Å². The number of aliphatic hydroxyl groups is 1. The molecule has 0 unspecified atom stereocenters. The molecule has 1 aliphatic rings. The van der Waals surface area contributed by atoms with Crippen molar-refractivity contribution in [1.82, 2.24) is 5.32 Å². The van der Waals surface area contributed by atoms with Gasteiger partial charge in [-0.05, 0) is 71.3 Å². The SMILES string of the molecule is COc1cccc([C@H]2OC(c3ccc(OCCCO)cc3)=N[C@@]2(Cc2ccc(Br)cc2)C(=O)NCc2ccccc2C(F)(F)F)c1. The summed E-state index contributed by atoms with van der Waals surface area (Å²) >= 11 is 3.44. The molecular weight excluding hydrogens is 665 g/mol. The monoisotopic (exact) mass is 696 g/mol. The summed E-state index contributed by atoms with van der Waals surface area (Å²) in [7, 11) is 1.53. The molecule has 5 rings (SSSR count). The second-order valence-electron chi connectivity index (χ2n) is 10.7. The van der Waals surface area contributed by atoms with Crippen LogP contribution in [0.2, 0.25) is 0 Å². The molecular formula is C35H32BrF3N2O5. The van der Waals surface area contributed by atoms with Gasteiger partial charge < -0.3 is 24.6 Å². The van der Waals surface area contributed by atoms with Crippen molar-refractivity contribution in [3.8, 4) is 11.5 Å². The van der Waals surface area contributed by atoms with Crippen molar-refractivity contribution >= 4 is 27.7 Å². The third-order valence-corrected chi connectivity index (χ3v) is 8.10. The van der Waals surface area contributed by atoms with Crippen LogP contribution in [-0.2, 0) is 28.7 Å². The highest BCUT2D eigenvalue weighted by molar-refractivity contribution is 9.10. The Balaban J connectivity index is 1.58. The molecule has 11 heteroatoms. The first-order valence-corrected chi connectivity index (χ1v) is 15.3. The number of ether oxygens (including phenoxy) is 3. The van der Waals surface area contributed by atoms with E-state index >= 15 is 0 Å². The molecule has 0 saturated heterocycles. The molecule has 0 spiro atoms. The van der Waals surface area contributed by atoms with Crippen LogP contribution in [0.15, 0.2) is 107 Å². The van der Waals surface area contributed by atoms with E-state index in [2.05, 4.69) is 21.2 Å². The van der Waals surface area contributed by atoms with Crippen LogP contribution in [-0.4, -0.2) is 42.8 Å². The molecule has 2 atom stereocenters. The van der Waals surface area contributed by atoms with E-state index < -0.39 is 29.3 Å². The van der Waals surface area contributed by atoms with Crippen LogP contribution in [0.25, 0.3) is 0 Å². The van der Waals surface area contributed by atoms with Gasteiger partial charge in [-0.2, -0.15) is 13.2 Å². The van der Waals surface area contributed by atoms with Crippen molar-refractivity contribution in [1.29, 1.82) is 0 Å². The van der Waals surface area contributed by atoms with Gasteiger partial charge in [0, 0.05) is 36.0 Å². The lowest BCUT2D eigenvalue weighted by atomic mass is 9.82. The van der Waals surface area contributed by atoms with Crippen LogP contribution in [0.1, 0.15) is 40.3 Å². The summed E-state index contributed by atoms with van der Waals surface area (Å²) in [5.41, 5.74) is -0.558. The Morgan fingerprint density at radius 2 is 1.74 bits per heavy atom. The predicted octanol–water partition coefficient (Wildman–Crippen LogP) is 7.05. The molecule has 0 bridgehead atoms. The summed E-state index contributed by atoms with van der Waals surface area (Å²) in [4.78, 5) is 19.4. The second-order valence-corrected chi connectivity index (χ2v) is 11.6. The van der Waals surface area contributed by atoms with E-state index in [4.69, 9.17) is 24.3 Å². The zero-order valence-corrected chi connectivity index (χ0v) is 26.5. The van der Waals surface area contributed by atoms with Gasteiger partial charge in [-0.15, -0.1) is 0 Å². The number of carbonyl (C=O) groups is 1. The minimum absolute atomic E-state index is 0.0126. The summed E-state index contributed by atoms with van der Waals surface area (Å²) in [6, 6.07) is 26.6. The molecule has 1 amide bonds. The number of carbonyl (C=O) groups excluding carboxylic acids is 1. The molecule has 1 heterocycles. The van der Waals surface area contributed by atoms with Gasteiger partial charge in [0.25, 0.3) is 5.91 Å². The fourth-order valence-corrected chi connectivity index (χ4v) is 5.54. The number of halogens is 4. The van der Waals surface area contributed by atoms with Crippen molar-refractivity contribution in [3.63, 3.8) is 0 Å². The Morgan fingerprint density at radius 1 is 1.00 bits per heavy atom. The van der Waals surface area contributed by atoms with Gasteiger partial charge in [0.1, 0.15) is 11.5 Å². The van der Waals surface area contributed by atoms with Gasteiger partial charge in [0.15, 0.2) is 11.6 Å². The Labute approximate surface area is 273 Å². The first-order valence-electron chi connectivity index (χ1n) is 14.6. The number of methoxy groups -OCH3 is 1. The number of rotatable bonds is 12. The van der Waals surface area contributed by atoms with Crippen LogP contribution >= 0.6 is 15.9 Å². The summed E-state index contributed by atoms with van der Waals surface area (Å²) in [5, 5.41) is 11.8. The number of benzene rings is 4. The van der Waals surface area contributed by atoms with Gasteiger partial charge >= 0.3 is 6.18 Å². The van der Waals surface area contributed by atoms with Crippen molar-refractivity contribution in [2.24, 2.45) is 4.99 Å². The Kier molecular flexibility index (Phi) is 10.3. The highest BCUT2D eigenvalue weighted by atomic mass is 79.9. The number of nitrogens with one attached hydrogen (secondary N) is 1. The molecule has 0 saturated carbocycles. The molecule has 2 N–H and O–H groups in total. The van der Waals surface area contributed by atoms with E-state index in [0.717, 1.165) is 16.1 Å². The standard InChI is InChI=1S/C35H32BrF3N2O5/c1-44-29-8-4-7-25(20-29)31-34(21-23-10-14-27(36)15-11-23,33(43)40-22-26-6-2-3-9-30(26)35(37,38)39)41-32(46-31)24-12-16-28(17-13-24)45-19-5-18-42/h2-4,6-17,20,31,42H,5,18-19,21-22H2,1H3,(H,40,43)/t31-,34-/m1/s1. The lowest BCUT2D eigenvalue weighted by molar-refractivity contribution is -0.138. The van der Waals surface area contributed by atoms with E-state index in [1.807, 2.05) is 24.3 Å². The summed E-state index contributed by atoms with van der Waals surface area (Å²) in [6.45, 7) is -0.00992. The van der Waals surface area contributed by atoms with Crippen molar-refractivity contribution in [3.05, 3.63) is 129 Å². The van der Waals surface area contributed by atoms with E-state index in [1.165, 1.54) is 25.3 Å². The molecule has 4 aromatic carbocycles. The van der Waals surface area contributed by atoms with Gasteiger partial charge in [0.05, 0.1) is 19.3 Å². The highest BCUT2D eigenvalue weighted by Gasteiger charge is 2.53. The van der Waals surface area contributed by atoms with Crippen molar-refractivity contribution in [2.45, 2.75) is 37.2 Å². The molecule has 7 nitrogen and oxygen atoms in total. The third kappa shape index (κ3) is 7.54. The first kappa shape index (κ1) is 33.0. The number of alkyl halides is 3. The fraction of sp³-hybridized carbons (Fsp3) is 0.257. The number of aliphatic hydroxyl groups excluding tert-OH is 1. The number of aliphatic imine (C=N–C) groups is 1. The molecule has 46 heavy (non-hydrogen) atoms. The van der Waals surface area contributed by atoms with E-state index in [1.54, 1.807) is 48.5 Å². The quantitative estimate of drug-likeness (QED) is 0.155. The van der Waals surface area contributed by atoms with Crippen LogP contribution in [0, 0.1) is 0 Å². The normalized spacial score (nSPS) is 17.6. The Bertz CT molecular complexity index is 1680. The lowest BCUT2D eigenvalue weighted by Crippen LogP contribution is -2.49. The van der Waals surface area contributed by atoms with Crippen LogP contribution in [0.5, 0.6) is 11.5 Å². The van der Waals surface area contributed by atoms with E-state index in [9.17, 15) is 18.0 Å². The second kappa shape index (κ2) is 14.4. The van der Waals surface area contributed by atoms with Gasteiger partial charge in [-0.3, -0.25) is 4.79 Å². The number of hydrogen-bond acceptors (Lipinski definition) is 6. The maximum atomic E-state index is 14.4. The zero-order valence-electron chi connectivity index (χ0n) is 24.9. The molecule has 4 aromatic rings. The largest absolute Gasteiger partial charge is 0.497 e. The molecule has 0 aliphatic carbocycles. The predicted molar refractivity (Wildman–Crippen MR) is 171 cm³/mol. The van der Waals surface area contributed by atoms with Gasteiger partial charge in [-0.25, -0.2) is 4.99 Å². The van der Waals surface area contributed by atoms with Gasteiger partial charge in [-0.1, -0.05) is 58.4 Å². The number of hydrogen-bond donors (Lipinski definition) is 2. The van der Waals surface area contributed by atoms with E-state index in [-0.39, 0.29) is 31.0 Å². The van der Waals surface area contributed by atoms with Crippen LogP contribution < -0.4 is 14.8 Å². The maximum absolute atomic E-state index is 14.4. The molecule has 0 fully saturated rings. The smallest absolute Gasteiger partial charge is 0.416 e. The van der Waals surface area contributed by atoms with Crippen LogP contribution in [0.4, 0.5) is 13.2 Å². The zero-order chi connectivity index (χ0) is 32.7. The average molecular weight is 698 g/mol. The molecule has 0 aromatic heterocycles.